The van der Waals surface area contributed by atoms with Gasteiger partial charge in [-0.3, -0.25) is 4.79 Å². The third-order valence-electron chi connectivity index (χ3n) is 3.61. The molecular weight excluding hydrogens is 352 g/mol. The molecule has 1 rings (SSSR count). The van der Waals surface area contributed by atoms with Crippen LogP contribution in [0.15, 0.2) is 42.5 Å². The lowest BCUT2D eigenvalue weighted by Crippen LogP contribution is -2.56. The lowest BCUT2D eigenvalue weighted by Gasteiger charge is -2.23. The van der Waals surface area contributed by atoms with Gasteiger partial charge in [-0.15, -0.1) is 6.58 Å². The van der Waals surface area contributed by atoms with Gasteiger partial charge in [-0.1, -0.05) is 35.9 Å². The number of carbonyl (C=O) groups excluding carboxylic acids is 3. The van der Waals surface area contributed by atoms with Crippen LogP contribution in [0, 0.1) is 0 Å². The summed E-state index contributed by atoms with van der Waals surface area (Å²) in [4.78, 5) is 36.2. The SMILES string of the molecule is C=C(C)C[C@@H](NC(=O)[C@@H](NC(=O)OCc1ccccc1)[C@@H](C)O)C(=O)OC. The zero-order valence-corrected chi connectivity index (χ0v) is 15.7. The van der Waals surface area contributed by atoms with E-state index in [-0.39, 0.29) is 13.0 Å². The summed E-state index contributed by atoms with van der Waals surface area (Å²) in [6.45, 7) is 6.76. The van der Waals surface area contributed by atoms with E-state index in [0.717, 1.165) is 5.56 Å². The summed E-state index contributed by atoms with van der Waals surface area (Å²) in [5.41, 5.74) is 1.44. The molecule has 0 unspecified atom stereocenters. The summed E-state index contributed by atoms with van der Waals surface area (Å²) in [5, 5.41) is 14.6. The molecule has 0 bridgehead atoms. The smallest absolute Gasteiger partial charge is 0.408 e. The summed E-state index contributed by atoms with van der Waals surface area (Å²) in [5.74, 6) is -1.39. The standard InChI is InChI=1S/C19H26N2O6/c1-12(2)10-15(18(24)26-4)20-17(23)16(13(3)22)21-19(25)27-11-14-8-6-5-7-9-14/h5-9,13,15-16,22H,1,10-11H2,2-4H3,(H,20,23)(H,21,25)/t13-,15-,16+/m1/s1. The first kappa shape index (κ1) is 22.2. The third kappa shape index (κ3) is 7.91. The second kappa shape index (κ2) is 11.0. The molecule has 0 heterocycles. The lowest BCUT2D eigenvalue weighted by atomic mass is 10.1. The fraction of sp³-hybridized carbons (Fsp3) is 0.421. The molecule has 0 fully saturated rings. The molecule has 1 aromatic carbocycles. The normalized spacial score (nSPS) is 13.6. The number of alkyl carbamates (subject to hydrolysis) is 1. The summed E-state index contributed by atoms with van der Waals surface area (Å²) < 4.78 is 9.70. The number of carbonyl (C=O) groups is 3. The van der Waals surface area contributed by atoms with Crippen LogP contribution >= 0.6 is 0 Å². The van der Waals surface area contributed by atoms with Crippen molar-refractivity contribution in [1.82, 2.24) is 10.6 Å². The van der Waals surface area contributed by atoms with Crippen LogP contribution in [0.1, 0.15) is 25.8 Å². The molecule has 8 nitrogen and oxygen atoms in total. The highest BCUT2D eigenvalue weighted by molar-refractivity contribution is 5.90. The number of amides is 2. The van der Waals surface area contributed by atoms with Gasteiger partial charge in [0.25, 0.3) is 0 Å². The maximum atomic E-state index is 12.4. The molecule has 0 saturated heterocycles. The average Bonchev–Trinajstić information content (AvgIpc) is 2.63. The number of aliphatic hydroxyl groups is 1. The van der Waals surface area contributed by atoms with Crippen LogP contribution < -0.4 is 10.6 Å². The topological polar surface area (TPSA) is 114 Å². The first-order chi connectivity index (χ1) is 12.7. The zero-order chi connectivity index (χ0) is 20.4. The summed E-state index contributed by atoms with van der Waals surface area (Å²) in [7, 11) is 1.20. The van der Waals surface area contributed by atoms with Gasteiger partial charge in [0.15, 0.2) is 0 Å². The molecule has 2 amide bonds. The highest BCUT2D eigenvalue weighted by Crippen LogP contribution is 2.06. The van der Waals surface area contributed by atoms with Crippen molar-refractivity contribution in [2.24, 2.45) is 0 Å². The van der Waals surface area contributed by atoms with Gasteiger partial charge in [-0.05, 0) is 25.8 Å². The van der Waals surface area contributed by atoms with Crippen molar-refractivity contribution in [2.75, 3.05) is 7.11 Å². The molecule has 27 heavy (non-hydrogen) atoms. The van der Waals surface area contributed by atoms with E-state index in [1.807, 2.05) is 6.07 Å². The molecule has 3 atom stereocenters. The predicted octanol–water partition coefficient (Wildman–Crippen LogP) is 1.29. The average molecular weight is 378 g/mol. The summed E-state index contributed by atoms with van der Waals surface area (Å²) in [6, 6.07) is 6.73. The minimum atomic E-state index is -1.30. The second-order valence-electron chi connectivity index (χ2n) is 6.17. The number of nitrogens with one attached hydrogen (secondary N) is 2. The first-order valence-corrected chi connectivity index (χ1v) is 8.42. The van der Waals surface area contributed by atoms with Gasteiger partial charge in [0.2, 0.25) is 5.91 Å². The fourth-order valence-electron chi connectivity index (χ4n) is 2.24. The van der Waals surface area contributed by atoms with Gasteiger partial charge in [0, 0.05) is 0 Å². The number of esters is 1. The number of methoxy groups -OCH3 is 1. The van der Waals surface area contributed by atoms with E-state index in [4.69, 9.17) is 4.74 Å². The number of rotatable bonds is 9. The highest BCUT2D eigenvalue weighted by atomic mass is 16.5. The van der Waals surface area contributed by atoms with Crippen LogP contribution in [0.3, 0.4) is 0 Å². The molecule has 0 radical (unpaired) electrons. The van der Waals surface area contributed by atoms with E-state index >= 15 is 0 Å². The molecule has 0 aliphatic heterocycles. The molecule has 0 spiro atoms. The highest BCUT2D eigenvalue weighted by Gasteiger charge is 2.30. The number of benzene rings is 1. The van der Waals surface area contributed by atoms with Crippen molar-refractivity contribution >= 4 is 18.0 Å². The second-order valence-corrected chi connectivity index (χ2v) is 6.17. The Kier molecular flexibility index (Phi) is 9.01. The molecule has 0 saturated carbocycles. The van der Waals surface area contributed by atoms with Crippen molar-refractivity contribution in [3.05, 3.63) is 48.0 Å². The number of ether oxygens (including phenoxy) is 2. The Morgan fingerprint density at radius 3 is 2.33 bits per heavy atom. The van der Waals surface area contributed by atoms with Crippen LogP contribution in [-0.2, 0) is 25.7 Å². The van der Waals surface area contributed by atoms with E-state index < -0.39 is 36.2 Å². The Hall–Kier alpha value is -2.87. The van der Waals surface area contributed by atoms with Gasteiger partial charge in [0.05, 0.1) is 13.2 Å². The molecule has 8 heteroatoms. The van der Waals surface area contributed by atoms with Crippen LogP contribution in [0.5, 0.6) is 0 Å². The van der Waals surface area contributed by atoms with Crippen LogP contribution in [-0.4, -0.2) is 48.4 Å². The first-order valence-electron chi connectivity index (χ1n) is 8.42. The Balaban J connectivity index is 2.69. The third-order valence-corrected chi connectivity index (χ3v) is 3.61. The molecule has 0 aliphatic carbocycles. The van der Waals surface area contributed by atoms with Crippen molar-refractivity contribution < 1.29 is 29.0 Å². The lowest BCUT2D eigenvalue weighted by molar-refractivity contribution is -0.145. The maximum absolute atomic E-state index is 12.4. The summed E-state index contributed by atoms with van der Waals surface area (Å²) >= 11 is 0. The van der Waals surface area contributed by atoms with Gasteiger partial charge in [0.1, 0.15) is 18.7 Å². The van der Waals surface area contributed by atoms with Crippen LogP contribution in [0.4, 0.5) is 4.79 Å². The largest absolute Gasteiger partial charge is 0.467 e. The number of hydrogen-bond acceptors (Lipinski definition) is 6. The van der Waals surface area contributed by atoms with Gasteiger partial charge in [-0.2, -0.15) is 0 Å². The van der Waals surface area contributed by atoms with Crippen LogP contribution in [0.2, 0.25) is 0 Å². The van der Waals surface area contributed by atoms with E-state index in [9.17, 15) is 19.5 Å². The minimum Gasteiger partial charge on any atom is -0.467 e. The van der Waals surface area contributed by atoms with Gasteiger partial charge in [-0.25, -0.2) is 9.59 Å². The minimum absolute atomic E-state index is 0.0151. The zero-order valence-electron chi connectivity index (χ0n) is 15.7. The fourth-order valence-corrected chi connectivity index (χ4v) is 2.24. The molecule has 0 aliphatic rings. The monoisotopic (exact) mass is 378 g/mol. The molecule has 1 aromatic rings. The molecule has 0 aromatic heterocycles. The van der Waals surface area contributed by atoms with Gasteiger partial charge >= 0.3 is 12.1 Å². The molecular formula is C19H26N2O6. The van der Waals surface area contributed by atoms with E-state index in [1.54, 1.807) is 31.2 Å². The van der Waals surface area contributed by atoms with E-state index in [2.05, 4.69) is 21.9 Å². The maximum Gasteiger partial charge on any atom is 0.408 e. The van der Waals surface area contributed by atoms with Crippen LogP contribution in [0.25, 0.3) is 0 Å². The van der Waals surface area contributed by atoms with Crippen molar-refractivity contribution in [2.45, 2.75) is 45.1 Å². The number of hydrogen-bond donors (Lipinski definition) is 3. The predicted molar refractivity (Wildman–Crippen MR) is 98.6 cm³/mol. The van der Waals surface area contributed by atoms with Crippen molar-refractivity contribution in [1.29, 1.82) is 0 Å². The summed E-state index contributed by atoms with van der Waals surface area (Å²) in [6.07, 6.45) is -1.91. The Morgan fingerprint density at radius 2 is 1.81 bits per heavy atom. The molecule has 3 N–H and O–H groups in total. The van der Waals surface area contributed by atoms with Gasteiger partial charge < -0.3 is 25.2 Å². The Bertz CT molecular complexity index is 659. The van der Waals surface area contributed by atoms with E-state index in [0.29, 0.717) is 5.57 Å². The number of aliphatic hydroxyl groups excluding tert-OH is 1. The van der Waals surface area contributed by atoms with Crippen molar-refractivity contribution in [3.63, 3.8) is 0 Å². The Morgan fingerprint density at radius 1 is 1.19 bits per heavy atom. The quantitative estimate of drug-likeness (QED) is 0.441. The molecule has 148 valence electrons. The van der Waals surface area contributed by atoms with E-state index in [1.165, 1.54) is 14.0 Å². The Labute approximate surface area is 158 Å². The van der Waals surface area contributed by atoms with Crippen molar-refractivity contribution in [3.8, 4) is 0 Å².